The molecule has 0 spiro atoms. The third kappa shape index (κ3) is 4.57. The number of amides is 1. The van der Waals surface area contributed by atoms with Gasteiger partial charge in [-0.2, -0.15) is 0 Å². The number of hydrogen-bond acceptors (Lipinski definition) is 4. The molecular formula is C16H23N3OS. The van der Waals surface area contributed by atoms with Gasteiger partial charge in [-0.15, -0.1) is 11.3 Å². The average molecular weight is 305 g/mol. The lowest BCUT2D eigenvalue weighted by Gasteiger charge is -2.20. The maximum Gasteiger partial charge on any atom is 0.261 e. The van der Waals surface area contributed by atoms with Gasteiger partial charge in [0.15, 0.2) is 0 Å². The van der Waals surface area contributed by atoms with E-state index in [1.165, 1.54) is 24.2 Å². The molecule has 3 N–H and O–H groups in total. The van der Waals surface area contributed by atoms with Gasteiger partial charge in [0.25, 0.3) is 5.91 Å². The predicted octanol–water partition coefficient (Wildman–Crippen LogP) is 1.58. The van der Waals surface area contributed by atoms with Gasteiger partial charge in [0.2, 0.25) is 0 Å². The van der Waals surface area contributed by atoms with Crippen LogP contribution < -0.4 is 11.1 Å². The standard InChI is InChI=1S/C16H23N3OS/c1-12-10-15(21-14(12)6-5-7-17)16(20)18-13(2)11-19-8-3-4-9-19/h10,13H,3-4,7-9,11,17H2,1-2H3,(H,18,20). The Morgan fingerprint density at radius 2 is 2.24 bits per heavy atom. The van der Waals surface area contributed by atoms with Gasteiger partial charge in [-0.1, -0.05) is 11.8 Å². The molecule has 1 aromatic rings. The monoisotopic (exact) mass is 305 g/mol. The number of nitrogens with zero attached hydrogens (tertiary/aromatic N) is 1. The third-order valence-electron chi connectivity index (χ3n) is 3.55. The molecule has 1 aromatic heterocycles. The van der Waals surface area contributed by atoms with Crippen LogP contribution in [0.4, 0.5) is 0 Å². The SMILES string of the molecule is Cc1cc(C(=O)NC(C)CN2CCCC2)sc1C#CCN. The molecule has 21 heavy (non-hydrogen) atoms. The van der Waals surface area contributed by atoms with Crippen molar-refractivity contribution in [1.82, 2.24) is 10.2 Å². The predicted molar refractivity (Wildman–Crippen MR) is 87.6 cm³/mol. The fraction of sp³-hybridized carbons (Fsp3) is 0.562. The Balaban J connectivity index is 1.93. The van der Waals surface area contributed by atoms with Gasteiger partial charge < -0.3 is 16.0 Å². The molecule has 2 rings (SSSR count). The molecule has 1 aliphatic heterocycles. The first-order valence-corrected chi connectivity index (χ1v) is 8.24. The lowest BCUT2D eigenvalue weighted by atomic mass is 10.2. The number of nitrogens with one attached hydrogen (secondary N) is 1. The number of aryl methyl sites for hydroxylation is 1. The fourth-order valence-corrected chi connectivity index (χ4v) is 3.49. The molecule has 1 saturated heterocycles. The van der Waals surface area contributed by atoms with Crippen molar-refractivity contribution >= 4 is 17.2 Å². The molecule has 0 aliphatic carbocycles. The van der Waals surface area contributed by atoms with E-state index in [1.54, 1.807) is 0 Å². The van der Waals surface area contributed by atoms with Crippen LogP contribution in [-0.4, -0.2) is 43.0 Å². The summed E-state index contributed by atoms with van der Waals surface area (Å²) in [6.45, 7) is 7.60. The zero-order chi connectivity index (χ0) is 15.2. The van der Waals surface area contributed by atoms with Crippen LogP contribution in [0.5, 0.6) is 0 Å². The quantitative estimate of drug-likeness (QED) is 0.831. The van der Waals surface area contributed by atoms with Crippen LogP contribution in [0.2, 0.25) is 0 Å². The van der Waals surface area contributed by atoms with Crippen LogP contribution in [0, 0.1) is 18.8 Å². The third-order valence-corrected chi connectivity index (χ3v) is 4.71. The van der Waals surface area contributed by atoms with E-state index < -0.39 is 0 Å². The Morgan fingerprint density at radius 1 is 1.52 bits per heavy atom. The Morgan fingerprint density at radius 3 is 2.90 bits per heavy atom. The molecule has 1 fully saturated rings. The highest BCUT2D eigenvalue weighted by molar-refractivity contribution is 7.14. The molecule has 1 amide bonds. The van der Waals surface area contributed by atoms with Crippen molar-refractivity contribution in [3.8, 4) is 11.8 Å². The zero-order valence-corrected chi connectivity index (χ0v) is 13.6. The van der Waals surface area contributed by atoms with Crippen LogP contribution in [-0.2, 0) is 0 Å². The number of nitrogens with two attached hydrogens (primary N) is 1. The Labute approximate surface area is 130 Å². The van der Waals surface area contributed by atoms with Gasteiger partial charge in [-0.3, -0.25) is 4.79 Å². The summed E-state index contributed by atoms with van der Waals surface area (Å²) >= 11 is 1.44. The summed E-state index contributed by atoms with van der Waals surface area (Å²) in [5.41, 5.74) is 6.42. The van der Waals surface area contributed by atoms with Gasteiger partial charge in [0.05, 0.1) is 16.3 Å². The van der Waals surface area contributed by atoms with E-state index in [4.69, 9.17) is 5.73 Å². The van der Waals surface area contributed by atoms with Crippen molar-refractivity contribution in [2.24, 2.45) is 5.73 Å². The number of likely N-dealkylation sites (tertiary alicyclic amines) is 1. The summed E-state index contributed by atoms with van der Waals surface area (Å²) in [5, 5.41) is 3.08. The molecule has 0 aromatic carbocycles. The van der Waals surface area contributed by atoms with E-state index >= 15 is 0 Å². The van der Waals surface area contributed by atoms with Crippen molar-refractivity contribution < 1.29 is 4.79 Å². The van der Waals surface area contributed by atoms with E-state index in [0.29, 0.717) is 6.54 Å². The van der Waals surface area contributed by atoms with E-state index in [0.717, 1.165) is 35.0 Å². The molecule has 0 bridgehead atoms. The first kappa shape index (κ1) is 16.0. The second kappa shape index (κ2) is 7.60. The molecule has 114 valence electrons. The highest BCUT2D eigenvalue weighted by Gasteiger charge is 2.18. The second-order valence-corrected chi connectivity index (χ2v) is 6.56. The first-order valence-electron chi connectivity index (χ1n) is 7.42. The molecule has 1 atom stereocenters. The lowest BCUT2D eigenvalue weighted by molar-refractivity contribution is 0.0936. The van der Waals surface area contributed by atoms with Crippen LogP contribution in [0.1, 0.15) is 39.9 Å². The average Bonchev–Trinajstić information content (AvgIpc) is 3.06. The van der Waals surface area contributed by atoms with Gasteiger partial charge in [-0.25, -0.2) is 0 Å². The van der Waals surface area contributed by atoms with E-state index in [1.807, 2.05) is 13.0 Å². The van der Waals surface area contributed by atoms with Crippen molar-refractivity contribution in [2.45, 2.75) is 32.7 Å². The molecular weight excluding hydrogens is 282 g/mol. The first-order chi connectivity index (χ1) is 10.1. The van der Waals surface area contributed by atoms with Crippen molar-refractivity contribution in [2.75, 3.05) is 26.2 Å². The maximum absolute atomic E-state index is 12.3. The summed E-state index contributed by atoms with van der Waals surface area (Å²) < 4.78 is 0. The molecule has 0 saturated carbocycles. The summed E-state index contributed by atoms with van der Waals surface area (Å²) in [5.74, 6) is 5.85. The van der Waals surface area contributed by atoms with E-state index in [9.17, 15) is 4.79 Å². The molecule has 1 unspecified atom stereocenters. The van der Waals surface area contributed by atoms with E-state index in [-0.39, 0.29) is 11.9 Å². The highest BCUT2D eigenvalue weighted by atomic mass is 32.1. The number of hydrogen-bond donors (Lipinski definition) is 2. The minimum Gasteiger partial charge on any atom is -0.348 e. The number of rotatable bonds is 4. The molecule has 1 aliphatic rings. The number of carbonyl (C=O) groups is 1. The van der Waals surface area contributed by atoms with Crippen molar-refractivity contribution in [3.05, 3.63) is 21.4 Å². The second-order valence-electron chi connectivity index (χ2n) is 5.51. The maximum atomic E-state index is 12.3. The zero-order valence-electron chi connectivity index (χ0n) is 12.7. The van der Waals surface area contributed by atoms with Gasteiger partial charge in [0.1, 0.15) is 0 Å². The normalized spacial score (nSPS) is 16.3. The Hall–Kier alpha value is -1.35. The lowest BCUT2D eigenvalue weighted by Crippen LogP contribution is -2.40. The molecule has 2 heterocycles. The van der Waals surface area contributed by atoms with Gasteiger partial charge in [0, 0.05) is 12.6 Å². The number of carbonyl (C=O) groups excluding carboxylic acids is 1. The minimum absolute atomic E-state index is 0.00408. The van der Waals surface area contributed by atoms with Crippen LogP contribution in [0.25, 0.3) is 0 Å². The largest absolute Gasteiger partial charge is 0.348 e. The number of thiophene rings is 1. The van der Waals surface area contributed by atoms with Crippen LogP contribution in [0.15, 0.2) is 6.07 Å². The van der Waals surface area contributed by atoms with Gasteiger partial charge in [-0.05, 0) is 51.4 Å². The molecule has 0 radical (unpaired) electrons. The van der Waals surface area contributed by atoms with Crippen molar-refractivity contribution in [1.29, 1.82) is 0 Å². The van der Waals surface area contributed by atoms with Gasteiger partial charge >= 0.3 is 0 Å². The summed E-state index contributed by atoms with van der Waals surface area (Å²) in [6.07, 6.45) is 2.54. The molecule has 5 heteroatoms. The fourth-order valence-electron chi connectivity index (χ4n) is 2.54. The highest BCUT2D eigenvalue weighted by Crippen LogP contribution is 2.21. The van der Waals surface area contributed by atoms with E-state index in [2.05, 4.69) is 29.0 Å². The Kier molecular flexibility index (Phi) is 5.80. The summed E-state index contributed by atoms with van der Waals surface area (Å²) in [7, 11) is 0. The van der Waals surface area contributed by atoms with Crippen LogP contribution >= 0.6 is 11.3 Å². The van der Waals surface area contributed by atoms with Crippen molar-refractivity contribution in [3.63, 3.8) is 0 Å². The minimum atomic E-state index is -0.00408. The molecule has 4 nitrogen and oxygen atoms in total. The Bertz CT molecular complexity index is 550. The topological polar surface area (TPSA) is 58.4 Å². The van der Waals surface area contributed by atoms with Crippen LogP contribution in [0.3, 0.4) is 0 Å². The summed E-state index contributed by atoms with van der Waals surface area (Å²) in [4.78, 5) is 16.3. The summed E-state index contributed by atoms with van der Waals surface area (Å²) in [6, 6.07) is 2.07. The smallest absolute Gasteiger partial charge is 0.261 e.